The van der Waals surface area contributed by atoms with Gasteiger partial charge in [-0.2, -0.15) is 0 Å². The largest absolute Gasteiger partial charge is 0.496 e. The quantitative estimate of drug-likeness (QED) is 0.785. The predicted octanol–water partition coefficient (Wildman–Crippen LogP) is 2.22. The number of nitrogens with zero attached hydrogens (tertiary/aromatic N) is 1. The van der Waals surface area contributed by atoms with Gasteiger partial charge in [-0.25, -0.2) is 0 Å². The molecule has 0 unspecified atom stereocenters. The van der Waals surface area contributed by atoms with Gasteiger partial charge in [0, 0.05) is 12.5 Å². The third-order valence-electron chi connectivity index (χ3n) is 3.78. The average Bonchev–Trinajstić information content (AvgIpc) is 2.88. The standard InChI is InChI=1S/C15H24N2O/c1-18-15-7-3-2-6-14(15)13-8-11-17(12-13)10-5-4-9-16/h2-3,6-7,13H,4-5,8-12,16H2,1H3/t13-/m1/s1. The van der Waals surface area contributed by atoms with Gasteiger partial charge < -0.3 is 15.4 Å². The summed E-state index contributed by atoms with van der Waals surface area (Å²) in [7, 11) is 1.76. The molecule has 0 radical (unpaired) electrons. The molecule has 1 heterocycles. The van der Waals surface area contributed by atoms with E-state index >= 15 is 0 Å². The van der Waals surface area contributed by atoms with Crippen LogP contribution in [0.5, 0.6) is 5.75 Å². The summed E-state index contributed by atoms with van der Waals surface area (Å²) >= 11 is 0. The molecule has 0 bridgehead atoms. The van der Waals surface area contributed by atoms with E-state index in [-0.39, 0.29) is 0 Å². The van der Waals surface area contributed by atoms with Gasteiger partial charge in [0.2, 0.25) is 0 Å². The van der Waals surface area contributed by atoms with Crippen LogP contribution in [0.2, 0.25) is 0 Å². The second-order valence-electron chi connectivity index (χ2n) is 5.02. The molecular weight excluding hydrogens is 224 g/mol. The second kappa shape index (κ2) is 6.76. The van der Waals surface area contributed by atoms with Gasteiger partial charge >= 0.3 is 0 Å². The van der Waals surface area contributed by atoms with Gasteiger partial charge in [0.05, 0.1) is 7.11 Å². The number of methoxy groups -OCH3 is 1. The highest BCUT2D eigenvalue weighted by Crippen LogP contribution is 2.33. The Morgan fingerprint density at radius 3 is 2.94 bits per heavy atom. The van der Waals surface area contributed by atoms with Crippen molar-refractivity contribution < 1.29 is 4.74 Å². The number of likely N-dealkylation sites (tertiary alicyclic amines) is 1. The normalized spacial score (nSPS) is 20.2. The zero-order chi connectivity index (χ0) is 12.8. The third kappa shape index (κ3) is 3.24. The molecule has 1 atom stereocenters. The summed E-state index contributed by atoms with van der Waals surface area (Å²) in [5.41, 5.74) is 6.90. The van der Waals surface area contributed by atoms with E-state index < -0.39 is 0 Å². The van der Waals surface area contributed by atoms with Gasteiger partial charge in [-0.05, 0) is 50.5 Å². The minimum Gasteiger partial charge on any atom is -0.496 e. The van der Waals surface area contributed by atoms with Gasteiger partial charge in [0.1, 0.15) is 5.75 Å². The van der Waals surface area contributed by atoms with Crippen LogP contribution >= 0.6 is 0 Å². The first-order valence-corrected chi connectivity index (χ1v) is 6.90. The van der Waals surface area contributed by atoms with Crippen LogP contribution in [0, 0.1) is 0 Å². The summed E-state index contributed by atoms with van der Waals surface area (Å²) in [6.07, 6.45) is 3.59. The van der Waals surface area contributed by atoms with Crippen molar-refractivity contribution in [2.75, 3.05) is 33.3 Å². The number of hydrogen-bond donors (Lipinski definition) is 1. The minimum atomic E-state index is 0.624. The van der Waals surface area contributed by atoms with E-state index in [0.29, 0.717) is 5.92 Å². The molecule has 1 fully saturated rings. The lowest BCUT2D eigenvalue weighted by Crippen LogP contribution is -2.22. The Balaban J connectivity index is 1.91. The lowest BCUT2D eigenvalue weighted by molar-refractivity contribution is 0.325. The van der Waals surface area contributed by atoms with Crippen LogP contribution < -0.4 is 10.5 Å². The highest BCUT2D eigenvalue weighted by atomic mass is 16.5. The fourth-order valence-electron chi connectivity index (χ4n) is 2.77. The molecule has 0 amide bonds. The van der Waals surface area contributed by atoms with E-state index in [1.165, 1.54) is 31.5 Å². The predicted molar refractivity (Wildman–Crippen MR) is 75.1 cm³/mol. The van der Waals surface area contributed by atoms with Crippen LogP contribution in [0.1, 0.15) is 30.7 Å². The molecule has 1 aliphatic heterocycles. The second-order valence-corrected chi connectivity index (χ2v) is 5.02. The van der Waals surface area contributed by atoms with Crippen molar-refractivity contribution in [1.82, 2.24) is 4.90 Å². The van der Waals surface area contributed by atoms with Crippen LogP contribution in [0.25, 0.3) is 0 Å². The number of para-hydroxylation sites is 1. The smallest absolute Gasteiger partial charge is 0.122 e. The third-order valence-corrected chi connectivity index (χ3v) is 3.78. The molecule has 100 valence electrons. The molecule has 3 heteroatoms. The highest BCUT2D eigenvalue weighted by molar-refractivity contribution is 5.36. The fraction of sp³-hybridized carbons (Fsp3) is 0.600. The Labute approximate surface area is 110 Å². The van der Waals surface area contributed by atoms with Crippen molar-refractivity contribution >= 4 is 0 Å². The average molecular weight is 248 g/mol. The summed E-state index contributed by atoms with van der Waals surface area (Å²) < 4.78 is 5.46. The number of unbranched alkanes of at least 4 members (excludes halogenated alkanes) is 1. The molecule has 0 spiro atoms. The Hall–Kier alpha value is -1.06. The highest BCUT2D eigenvalue weighted by Gasteiger charge is 2.25. The molecule has 3 nitrogen and oxygen atoms in total. The molecule has 1 aromatic carbocycles. The van der Waals surface area contributed by atoms with Crippen molar-refractivity contribution in [3.05, 3.63) is 29.8 Å². The molecule has 2 rings (SSSR count). The fourth-order valence-corrected chi connectivity index (χ4v) is 2.77. The first kappa shape index (κ1) is 13.4. The maximum Gasteiger partial charge on any atom is 0.122 e. The summed E-state index contributed by atoms with van der Waals surface area (Å²) in [4.78, 5) is 2.55. The first-order valence-electron chi connectivity index (χ1n) is 6.90. The van der Waals surface area contributed by atoms with E-state index in [2.05, 4.69) is 23.1 Å². The molecule has 1 aliphatic rings. The molecule has 1 saturated heterocycles. The monoisotopic (exact) mass is 248 g/mol. The van der Waals surface area contributed by atoms with Gasteiger partial charge in [-0.3, -0.25) is 0 Å². The van der Waals surface area contributed by atoms with Crippen molar-refractivity contribution in [2.45, 2.75) is 25.2 Å². The van der Waals surface area contributed by atoms with Crippen molar-refractivity contribution in [3.63, 3.8) is 0 Å². The molecule has 0 aliphatic carbocycles. The maximum absolute atomic E-state index is 5.53. The SMILES string of the molecule is COc1ccccc1[C@@H]1CCN(CCCCN)C1. The van der Waals surface area contributed by atoms with Gasteiger partial charge in [0.15, 0.2) is 0 Å². The number of rotatable bonds is 6. The van der Waals surface area contributed by atoms with Gasteiger partial charge in [-0.15, -0.1) is 0 Å². The number of benzene rings is 1. The Morgan fingerprint density at radius 1 is 1.33 bits per heavy atom. The summed E-state index contributed by atoms with van der Waals surface area (Å²) in [5, 5.41) is 0. The molecule has 0 saturated carbocycles. The minimum absolute atomic E-state index is 0.624. The van der Waals surface area contributed by atoms with Crippen LogP contribution in [0.15, 0.2) is 24.3 Å². The molecule has 2 N–H and O–H groups in total. The van der Waals surface area contributed by atoms with Gasteiger partial charge in [0.25, 0.3) is 0 Å². The number of ether oxygens (including phenoxy) is 1. The summed E-state index contributed by atoms with van der Waals surface area (Å²) in [6, 6.07) is 8.41. The molecule has 0 aromatic heterocycles. The Morgan fingerprint density at radius 2 is 2.17 bits per heavy atom. The van der Waals surface area contributed by atoms with Crippen LogP contribution in [-0.4, -0.2) is 38.2 Å². The van der Waals surface area contributed by atoms with Crippen molar-refractivity contribution in [3.8, 4) is 5.75 Å². The summed E-state index contributed by atoms with van der Waals surface area (Å²) in [6.45, 7) is 4.35. The van der Waals surface area contributed by atoms with Crippen LogP contribution in [0.3, 0.4) is 0 Å². The van der Waals surface area contributed by atoms with Crippen molar-refractivity contribution in [1.29, 1.82) is 0 Å². The number of nitrogens with two attached hydrogens (primary N) is 1. The van der Waals surface area contributed by atoms with E-state index in [0.717, 1.165) is 25.3 Å². The molecule has 1 aromatic rings. The first-order chi connectivity index (χ1) is 8.85. The summed E-state index contributed by atoms with van der Waals surface area (Å²) in [5.74, 6) is 1.66. The van der Waals surface area contributed by atoms with E-state index in [1.807, 2.05) is 6.07 Å². The lowest BCUT2D eigenvalue weighted by atomic mass is 9.97. The van der Waals surface area contributed by atoms with Gasteiger partial charge in [-0.1, -0.05) is 18.2 Å². The van der Waals surface area contributed by atoms with E-state index in [4.69, 9.17) is 10.5 Å². The molecule has 18 heavy (non-hydrogen) atoms. The van der Waals surface area contributed by atoms with Crippen LogP contribution in [-0.2, 0) is 0 Å². The van der Waals surface area contributed by atoms with E-state index in [9.17, 15) is 0 Å². The topological polar surface area (TPSA) is 38.5 Å². The van der Waals surface area contributed by atoms with Crippen molar-refractivity contribution in [2.24, 2.45) is 5.73 Å². The lowest BCUT2D eigenvalue weighted by Gasteiger charge is -2.17. The zero-order valence-electron chi connectivity index (χ0n) is 11.3. The van der Waals surface area contributed by atoms with Crippen LogP contribution in [0.4, 0.5) is 0 Å². The zero-order valence-corrected chi connectivity index (χ0v) is 11.3. The Bertz CT molecular complexity index is 367. The van der Waals surface area contributed by atoms with E-state index in [1.54, 1.807) is 7.11 Å². The number of hydrogen-bond acceptors (Lipinski definition) is 3. The Kier molecular flexibility index (Phi) is 5.02. The maximum atomic E-state index is 5.53. The molecular formula is C15H24N2O.